The Hall–Kier alpha value is -0.420. The summed E-state index contributed by atoms with van der Waals surface area (Å²) < 4.78 is 0. The maximum absolute atomic E-state index is 5.40. The van der Waals surface area contributed by atoms with Crippen LogP contribution in [0, 0.1) is 11.8 Å². The first-order valence-electron chi connectivity index (χ1n) is 7.81. The van der Waals surface area contributed by atoms with Gasteiger partial charge in [0.1, 0.15) is 0 Å². The number of nitrogens with two attached hydrogens (primary N) is 1. The molecule has 0 aromatic rings. The van der Waals surface area contributed by atoms with E-state index in [9.17, 15) is 0 Å². The van der Waals surface area contributed by atoms with Gasteiger partial charge in [-0.1, -0.05) is 6.08 Å². The molecule has 112 valence electrons. The van der Waals surface area contributed by atoms with Crippen molar-refractivity contribution in [1.82, 2.24) is 16.0 Å². The summed E-state index contributed by atoms with van der Waals surface area (Å²) in [7, 11) is 0. The first kappa shape index (κ1) is 16.6. The van der Waals surface area contributed by atoms with Crippen LogP contribution in [0.2, 0.25) is 0 Å². The van der Waals surface area contributed by atoms with E-state index >= 15 is 0 Å². The Morgan fingerprint density at radius 1 is 0.895 bits per heavy atom. The minimum Gasteiger partial charge on any atom is -0.329 e. The van der Waals surface area contributed by atoms with Crippen molar-refractivity contribution in [1.29, 1.82) is 0 Å². The molecule has 0 bridgehead atoms. The number of hydrogen-bond acceptors (Lipinski definition) is 4. The molecule has 0 atom stereocenters. The van der Waals surface area contributed by atoms with Crippen LogP contribution in [0.4, 0.5) is 0 Å². The summed E-state index contributed by atoms with van der Waals surface area (Å²) in [5.74, 6) is 1.65. The Kier molecular flexibility index (Phi) is 9.99. The second kappa shape index (κ2) is 11.4. The third kappa shape index (κ3) is 8.37. The molecule has 0 aliphatic heterocycles. The third-order valence-electron chi connectivity index (χ3n) is 3.94. The Bertz CT molecular complexity index is 212. The molecule has 1 rings (SSSR count). The summed E-state index contributed by atoms with van der Waals surface area (Å²) in [4.78, 5) is 0. The minimum atomic E-state index is 0.718. The number of hydrogen-bond donors (Lipinski definition) is 4. The van der Waals surface area contributed by atoms with Crippen LogP contribution >= 0.6 is 0 Å². The molecule has 19 heavy (non-hydrogen) atoms. The third-order valence-corrected chi connectivity index (χ3v) is 3.94. The Morgan fingerprint density at radius 2 is 1.47 bits per heavy atom. The van der Waals surface area contributed by atoms with Gasteiger partial charge in [0.05, 0.1) is 0 Å². The van der Waals surface area contributed by atoms with Crippen LogP contribution in [-0.2, 0) is 0 Å². The molecule has 1 aliphatic carbocycles. The van der Waals surface area contributed by atoms with Crippen molar-refractivity contribution in [2.45, 2.75) is 25.7 Å². The summed E-state index contributed by atoms with van der Waals surface area (Å²) in [5.41, 5.74) is 5.40. The van der Waals surface area contributed by atoms with Crippen molar-refractivity contribution < 1.29 is 0 Å². The van der Waals surface area contributed by atoms with E-state index in [1.54, 1.807) is 0 Å². The van der Waals surface area contributed by atoms with Crippen LogP contribution in [0.5, 0.6) is 0 Å². The van der Waals surface area contributed by atoms with Crippen molar-refractivity contribution in [3.63, 3.8) is 0 Å². The molecule has 0 saturated heterocycles. The highest BCUT2D eigenvalue weighted by Gasteiger charge is 2.18. The molecule has 5 N–H and O–H groups in total. The molecule has 4 heteroatoms. The second-order valence-electron chi connectivity index (χ2n) is 5.51. The van der Waals surface area contributed by atoms with Gasteiger partial charge in [-0.3, -0.25) is 0 Å². The van der Waals surface area contributed by atoms with Gasteiger partial charge >= 0.3 is 0 Å². The van der Waals surface area contributed by atoms with E-state index < -0.39 is 0 Å². The maximum atomic E-state index is 5.40. The minimum absolute atomic E-state index is 0.718. The lowest BCUT2D eigenvalue weighted by molar-refractivity contribution is 0.300. The molecule has 1 saturated carbocycles. The summed E-state index contributed by atoms with van der Waals surface area (Å²) in [6.45, 7) is 10.8. The highest BCUT2D eigenvalue weighted by molar-refractivity contribution is 4.84. The van der Waals surface area contributed by atoms with E-state index in [-0.39, 0.29) is 0 Å². The lowest BCUT2D eigenvalue weighted by Crippen LogP contribution is -2.35. The number of nitrogens with one attached hydrogen (secondary N) is 3. The lowest BCUT2D eigenvalue weighted by atomic mass is 9.82. The smallest absolute Gasteiger partial charge is 0.00772 e. The molecule has 0 spiro atoms. The van der Waals surface area contributed by atoms with E-state index in [2.05, 4.69) is 28.6 Å². The fourth-order valence-corrected chi connectivity index (χ4v) is 2.64. The van der Waals surface area contributed by atoms with Gasteiger partial charge in [-0.15, -0.1) is 6.58 Å². The average molecular weight is 268 g/mol. The zero-order valence-electron chi connectivity index (χ0n) is 12.3. The first-order chi connectivity index (χ1) is 9.36. The van der Waals surface area contributed by atoms with Gasteiger partial charge in [-0.2, -0.15) is 0 Å². The Morgan fingerprint density at radius 3 is 2.05 bits per heavy atom. The SMILES string of the molecule is C=CC1CCC(CNCCNCCNCCN)CC1. The molecule has 0 aromatic carbocycles. The van der Waals surface area contributed by atoms with Gasteiger partial charge in [0.15, 0.2) is 0 Å². The van der Waals surface area contributed by atoms with Gasteiger partial charge in [-0.25, -0.2) is 0 Å². The topological polar surface area (TPSA) is 62.1 Å². The molecule has 4 nitrogen and oxygen atoms in total. The summed E-state index contributed by atoms with van der Waals surface area (Å²) in [6, 6.07) is 0. The summed E-state index contributed by atoms with van der Waals surface area (Å²) >= 11 is 0. The maximum Gasteiger partial charge on any atom is 0.00772 e. The highest BCUT2D eigenvalue weighted by atomic mass is 15.0. The molecule has 0 unspecified atom stereocenters. The van der Waals surface area contributed by atoms with Gasteiger partial charge < -0.3 is 21.7 Å². The molecule has 1 fully saturated rings. The Labute approximate surface area is 118 Å². The van der Waals surface area contributed by atoms with E-state index in [0.29, 0.717) is 0 Å². The zero-order chi connectivity index (χ0) is 13.8. The second-order valence-corrected chi connectivity index (χ2v) is 5.51. The zero-order valence-corrected chi connectivity index (χ0v) is 12.3. The predicted molar refractivity (Wildman–Crippen MR) is 83.3 cm³/mol. The molecular formula is C15H32N4. The first-order valence-corrected chi connectivity index (χ1v) is 7.81. The highest BCUT2D eigenvalue weighted by Crippen LogP contribution is 2.28. The van der Waals surface area contributed by atoms with Crippen molar-refractivity contribution in [2.75, 3.05) is 45.8 Å². The van der Waals surface area contributed by atoms with Crippen molar-refractivity contribution >= 4 is 0 Å². The van der Waals surface area contributed by atoms with Crippen LogP contribution < -0.4 is 21.7 Å². The summed E-state index contributed by atoms with van der Waals surface area (Å²) in [6.07, 6.45) is 7.52. The fourth-order valence-electron chi connectivity index (χ4n) is 2.64. The number of allylic oxidation sites excluding steroid dienone is 1. The molecule has 0 aromatic heterocycles. The fraction of sp³-hybridized carbons (Fsp3) is 0.867. The quantitative estimate of drug-likeness (QED) is 0.329. The van der Waals surface area contributed by atoms with E-state index in [4.69, 9.17) is 5.73 Å². The molecule has 1 aliphatic rings. The lowest BCUT2D eigenvalue weighted by Gasteiger charge is -2.26. The van der Waals surface area contributed by atoms with Crippen molar-refractivity contribution in [2.24, 2.45) is 17.6 Å². The van der Waals surface area contributed by atoms with Gasteiger partial charge in [-0.05, 0) is 44.1 Å². The van der Waals surface area contributed by atoms with Crippen LogP contribution in [0.3, 0.4) is 0 Å². The van der Waals surface area contributed by atoms with Gasteiger partial charge in [0.25, 0.3) is 0 Å². The van der Waals surface area contributed by atoms with Crippen LogP contribution in [0.15, 0.2) is 12.7 Å². The predicted octanol–water partition coefficient (Wildman–Crippen LogP) is 0.706. The molecule has 0 radical (unpaired) electrons. The normalized spacial score (nSPS) is 23.4. The largest absolute Gasteiger partial charge is 0.329 e. The van der Waals surface area contributed by atoms with Crippen LogP contribution in [0.1, 0.15) is 25.7 Å². The van der Waals surface area contributed by atoms with E-state index in [0.717, 1.165) is 51.1 Å². The Balaban J connectivity index is 1.82. The monoisotopic (exact) mass is 268 g/mol. The van der Waals surface area contributed by atoms with Gasteiger partial charge in [0, 0.05) is 39.3 Å². The van der Waals surface area contributed by atoms with Gasteiger partial charge in [0.2, 0.25) is 0 Å². The molecule has 0 amide bonds. The standard InChI is InChI=1S/C15H32N4/c1-2-14-3-5-15(6-4-14)13-19-12-11-18-10-9-17-8-7-16/h2,14-15,17-19H,1,3-13,16H2. The average Bonchev–Trinajstić information content (AvgIpc) is 2.46. The van der Waals surface area contributed by atoms with Crippen molar-refractivity contribution in [3.8, 4) is 0 Å². The molecule has 0 heterocycles. The molecular weight excluding hydrogens is 236 g/mol. The number of rotatable bonds is 11. The van der Waals surface area contributed by atoms with E-state index in [1.807, 2.05) is 0 Å². The van der Waals surface area contributed by atoms with E-state index in [1.165, 1.54) is 32.2 Å². The summed E-state index contributed by atoms with van der Waals surface area (Å²) in [5, 5.41) is 10.3. The van der Waals surface area contributed by atoms with Crippen LogP contribution in [0.25, 0.3) is 0 Å². The van der Waals surface area contributed by atoms with Crippen LogP contribution in [-0.4, -0.2) is 45.8 Å². The van der Waals surface area contributed by atoms with Crippen molar-refractivity contribution in [3.05, 3.63) is 12.7 Å².